The lowest BCUT2D eigenvalue weighted by Gasteiger charge is -2.42. The van der Waals surface area contributed by atoms with Crippen molar-refractivity contribution in [3.63, 3.8) is 0 Å². The van der Waals surface area contributed by atoms with E-state index < -0.39 is 0 Å². The minimum Gasteiger partial charge on any atom is -0.309 e. The van der Waals surface area contributed by atoms with Gasteiger partial charge in [0.2, 0.25) is 0 Å². The summed E-state index contributed by atoms with van der Waals surface area (Å²) in [6.07, 6.45) is 1.10. The summed E-state index contributed by atoms with van der Waals surface area (Å²) >= 11 is 0. The van der Waals surface area contributed by atoms with E-state index in [0.717, 1.165) is 32.6 Å². The number of nitrogens with zero attached hydrogens (tertiary/aromatic N) is 2. The zero-order valence-corrected chi connectivity index (χ0v) is 12.8. The van der Waals surface area contributed by atoms with E-state index in [1.165, 1.54) is 5.56 Å². The monoisotopic (exact) mass is 279 g/mol. The highest BCUT2D eigenvalue weighted by Gasteiger charge is 2.30. The van der Waals surface area contributed by atoms with Gasteiger partial charge in [0.1, 0.15) is 5.82 Å². The van der Waals surface area contributed by atoms with Gasteiger partial charge in [-0.25, -0.2) is 4.39 Å². The van der Waals surface area contributed by atoms with Gasteiger partial charge in [-0.1, -0.05) is 19.1 Å². The molecule has 1 fully saturated rings. The minimum atomic E-state index is -0.169. The molecular formula is C16H26FN3. The van der Waals surface area contributed by atoms with Crippen molar-refractivity contribution in [2.24, 2.45) is 0 Å². The molecule has 0 amide bonds. The lowest BCUT2D eigenvalue weighted by Crippen LogP contribution is -2.55. The maximum atomic E-state index is 13.1. The summed E-state index contributed by atoms with van der Waals surface area (Å²) in [6.45, 7) is 6.38. The van der Waals surface area contributed by atoms with Gasteiger partial charge in [-0.15, -0.1) is 0 Å². The molecule has 0 aromatic heterocycles. The molecule has 2 unspecified atom stereocenters. The molecule has 2 atom stereocenters. The van der Waals surface area contributed by atoms with Crippen molar-refractivity contribution in [1.82, 2.24) is 15.1 Å². The van der Waals surface area contributed by atoms with Gasteiger partial charge in [0, 0.05) is 31.7 Å². The number of benzene rings is 1. The Balaban J connectivity index is 2.19. The fraction of sp³-hybridized carbons (Fsp3) is 0.625. The van der Waals surface area contributed by atoms with Crippen LogP contribution in [0.5, 0.6) is 0 Å². The molecule has 2 rings (SSSR count). The van der Waals surface area contributed by atoms with Gasteiger partial charge in [0.25, 0.3) is 0 Å². The second-order valence-electron chi connectivity index (χ2n) is 5.79. The number of hydrogen-bond donors (Lipinski definition) is 1. The largest absolute Gasteiger partial charge is 0.309 e. The van der Waals surface area contributed by atoms with Crippen molar-refractivity contribution < 1.29 is 4.39 Å². The maximum Gasteiger partial charge on any atom is 0.123 e. The van der Waals surface area contributed by atoms with Crippen LogP contribution in [0.1, 0.15) is 24.9 Å². The van der Waals surface area contributed by atoms with Crippen LogP contribution < -0.4 is 5.32 Å². The van der Waals surface area contributed by atoms with Crippen LogP contribution in [0, 0.1) is 5.82 Å². The van der Waals surface area contributed by atoms with Crippen molar-refractivity contribution >= 4 is 0 Å². The van der Waals surface area contributed by atoms with Crippen LogP contribution in [0.4, 0.5) is 4.39 Å². The molecule has 0 aliphatic carbocycles. The summed E-state index contributed by atoms with van der Waals surface area (Å²) < 4.78 is 13.1. The quantitative estimate of drug-likeness (QED) is 0.890. The summed E-state index contributed by atoms with van der Waals surface area (Å²) in [6, 6.07) is 7.61. The molecule has 1 aliphatic heterocycles. The van der Waals surface area contributed by atoms with E-state index in [4.69, 9.17) is 0 Å². The maximum absolute atomic E-state index is 13.1. The first-order chi connectivity index (χ1) is 9.61. The molecule has 1 aliphatic rings. The molecule has 1 N–H and O–H groups in total. The summed E-state index contributed by atoms with van der Waals surface area (Å²) in [5.74, 6) is -0.169. The average Bonchev–Trinajstić information content (AvgIpc) is 2.44. The Morgan fingerprint density at radius 1 is 1.25 bits per heavy atom. The zero-order chi connectivity index (χ0) is 14.5. The lowest BCUT2D eigenvalue weighted by molar-refractivity contribution is 0.0876. The fourth-order valence-corrected chi connectivity index (χ4v) is 2.85. The summed E-state index contributed by atoms with van der Waals surface area (Å²) in [5.41, 5.74) is 1.17. The van der Waals surface area contributed by atoms with Gasteiger partial charge in [-0.3, -0.25) is 4.90 Å². The molecule has 0 saturated carbocycles. The van der Waals surface area contributed by atoms with Crippen molar-refractivity contribution in [3.05, 3.63) is 35.6 Å². The van der Waals surface area contributed by atoms with Crippen molar-refractivity contribution in [3.8, 4) is 0 Å². The van der Waals surface area contributed by atoms with E-state index in [0.29, 0.717) is 6.04 Å². The smallest absolute Gasteiger partial charge is 0.123 e. The highest BCUT2D eigenvalue weighted by molar-refractivity contribution is 5.22. The van der Waals surface area contributed by atoms with Gasteiger partial charge < -0.3 is 10.2 Å². The van der Waals surface area contributed by atoms with E-state index >= 15 is 0 Å². The molecule has 0 spiro atoms. The molecule has 112 valence electrons. The first kappa shape index (κ1) is 15.4. The van der Waals surface area contributed by atoms with Gasteiger partial charge in [-0.2, -0.15) is 0 Å². The molecule has 4 heteroatoms. The standard InChI is InChI=1S/C16H26FN3/c1-4-9-18-16(13-5-7-14(17)8-6-13)15-12-19(2)10-11-20(15)3/h5-8,15-16,18H,4,9-12H2,1-3H3. The molecule has 3 nitrogen and oxygen atoms in total. The van der Waals surface area contributed by atoms with Gasteiger partial charge in [0.15, 0.2) is 0 Å². The predicted molar refractivity (Wildman–Crippen MR) is 81.3 cm³/mol. The third kappa shape index (κ3) is 3.78. The molecule has 1 aromatic carbocycles. The second-order valence-corrected chi connectivity index (χ2v) is 5.79. The van der Waals surface area contributed by atoms with Gasteiger partial charge in [-0.05, 0) is 44.8 Å². The van der Waals surface area contributed by atoms with E-state index in [1.54, 1.807) is 12.1 Å². The lowest BCUT2D eigenvalue weighted by atomic mass is 9.96. The summed E-state index contributed by atoms with van der Waals surface area (Å²) in [7, 11) is 4.35. The predicted octanol–water partition coefficient (Wildman–Crippen LogP) is 2.11. The molecule has 1 aromatic rings. The molecule has 20 heavy (non-hydrogen) atoms. The van der Waals surface area contributed by atoms with Crippen LogP contribution in [0.3, 0.4) is 0 Å². The number of rotatable bonds is 5. The molecule has 0 radical (unpaired) electrons. The van der Waals surface area contributed by atoms with Crippen LogP contribution in [-0.2, 0) is 0 Å². The Morgan fingerprint density at radius 3 is 2.60 bits per heavy atom. The molecule has 1 heterocycles. The fourth-order valence-electron chi connectivity index (χ4n) is 2.85. The van der Waals surface area contributed by atoms with E-state index in [2.05, 4.69) is 36.1 Å². The Hall–Kier alpha value is -0.970. The average molecular weight is 279 g/mol. The first-order valence-electron chi connectivity index (χ1n) is 7.49. The van der Waals surface area contributed by atoms with Crippen LogP contribution >= 0.6 is 0 Å². The van der Waals surface area contributed by atoms with Crippen LogP contribution in [0.25, 0.3) is 0 Å². The Labute approximate surface area is 121 Å². The van der Waals surface area contributed by atoms with Crippen molar-refractivity contribution in [2.75, 3.05) is 40.3 Å². The summed E-state index contributed by atoms with van der Waals surface area (Å²) in [5, 5.41) is 3.64. The first-order valence-corrected chi connectivity index (χ1v) is 7.49. The number of likely N-dealkylation sites (N-methyl/N-ethyl adjacent to an activating group) is 2. The second kappa shape index (κ2) is 7.16. The van der Waals surface area contributed by atoms with Gasteiger partial charge >= 0.3 is 0 Å². The van der Waals surface area contributed by atoms with Crippen molar-refractivity contribution in [2.45, 2.75) is 25.4 Å². The zero-order valence-electron chi connectivity index (χ0n) is 12.8. The van der Waals surface area contributed by atoms with Gasteiger partial charge in [0.05, 0.1) is 0 Å². The summed E-state index contributed by atoms with van der Waals surface area (Å²) in [4.78, 5) is 4.78. The SMILES string of the molecule is CCCNC(c1ccc(F)cc1)C1CN(C)CCN1C. The van der Waals surface area contributed by atoms with Crippen LogP contribution in [0.2, 0.25) is 0 Å². The molecule has 1 saturated heterocycles. The number of nitrogens with one attached hydrogen (secondary N) is 1. The molecular weight excluding hydrogens is 253 g/mol. The van der Waals surface area contributed by atoms with E-state index in [1.807, 2.05) is 12.1 Å². The van der Waals surface area contributed by atoms with E-state index in [-0.39, 0.29) is 11.9 Å². The Kier molecular flexibility index (Phi) is 5.52. The number of halogens is 1. The Morgan fingerprint density at radius 2 is 1.95 bits per heavy atom. The van der Waals surface area contributed by atoms with Crippen LogP contribution in [0.15, 0.2) is 24.3 Å². The van der Waals surface area contributed by atoms with Crippen molar-refractivity contribution in [1.29, 1.82) is 0 Å². The normalized spacial score (nSPS) is 22.9. The highest BCUT2D eigenvalue weighted by atomic mass is 19.1. The molecule has 0 bridgehead atoms. The Bertz CT molecular complexity index is 407. The minimum absolute atomic E-state index is 0.169. The highest BCUT2D eigenvalue weighted by Crippen LogP contribution is 2.23. The third-order valence-corrected chi connectivity index (χ3v) is 4.13. The number of piperazine rings is 1. The van der Waals surface area contributed by atoms with Crippen LogP contribution in [-0.4, -0.2) is 56.1 Å². The third-order valence-electron chi connectivity index (χ3n) is 4.13. The van der Waals surface area contributed by atoms with E-state index in [9.17, 15) is 4.39 Å². The topological polar surface area (TPSA) is 18.5 Å². The number of hydrogen-bond acceptors (Lipinski definition) is 3.